The molecule has 1 aliphatic carbocycles. The van der Waals surface area contributed by atoms with E-state index in [1.807, 2.05) is 0 Å². The fraction of sp³-hybridized carbons (Fsp3) is 0.647. The van der Waals surface area contributed by atoms with Crippen molar-refractivity contribution in [1.82, 2.24) is 0 Å². The molecule has 0 aliphatic heterocycles. The van der Waals surface area contributed by atoms with Gasteiger partial charge in [-0.05, 0) is 48.1 Å². The lowest BCUT2D eigenvalue weighted by Crippen LogP contribution is -2.20. The summed E-state index contributed by atoms with van der Waals surface area (Å²) < 4.78 is 0. The first-order valence-electron chi connectivity index (χ1n) is 7.20. The average molecular weight is 309 g/mol. The molecule has 0 bridgehead atoms. The SMILES string of the molecule is CC(C)(C)C(Br)CCc1ccc(C2CCC2)cc1. The summed E-state index contributed by atoms with van der Waals surface area (Å²) in [5.41, 5.74) is 3.38. The minimum atomic E-state index is 0.353. The molecule has 1 fully saturated rings. The lowest BCUT2D eigenvalue weighted by Gasteiger charge is -2.26. The topological polar surface area (TPSA) is 0 Å². The maximum Gasteiger partial charge on any atom is 0.0197 e. The molecule has 2 rings (SSSR count). The number of alkyl halides is 1. The van der Waals surface area contributed by atoms with Crippen molar-refractivity contribution in [3.05, 3.63) is 35.4 Å². The predicted molar refractivity (Wildman–Crippen MR) is 83.5 cm³/mol. The second-order valence-electron chi connectivity index (χ2n) is 6.74. The van der Waals surface area contributed by atoms with E-state index in [9.17, 15) is 0 Å². The molecule has 0 amide bonds. The third-order valence-electron chi connectivity index (χ3n) is 4.18. The van der Waals surface area contributed by atoms with Gasteiger partial charge in [0.25, 0.3) is 0 Å². The number of hydrogen-bond donors (Lipinski definition) is 0. The van der Waals surface area contributed by atoms with Gasteiger partial charge in [0.1, 0.15) is 0 Å². The van der Waals surface area contributed by atoms with Gasteiger partial charge in [-0.3, -0.25) is 0 Å². The second-order valence-corrected chi connectivity index (χ2v) is 7.85. The van der Waals surface area contributed by atoms with Gasteiger partial charge in [-0.25, -0.2) is 0 Å². The van der Waals surface area contributed by atoms with Gasteiger partial charge in [0.2, 0.25) is 0 Å². The van der Waals surface area contributed by atoms with E-state index in [0.717, 1.165) is 5.92 Å². The molecule has 1 atom stereocenters. The molecule has 1 aliphatic rings. The van der Waals surface area contributed by atoms with E-state index in [1.54, 1.807) is 5.56 Å². The molecule has 0 N–H and O–H groups in total. The van der Waals surface area contributed by atoms with Gasteiger partial charge in [0.05, 0.1) is 0 Å². The lowest BCUT2D eigenvalue weighted by atomic mass is 9.80. The minimum absolute atomic E-state index is 0.353. The van der Waals surface area contributed by atoms with Gasteiger partial charge in [0, 0.05) is 4.83 Å². The van der Waals surface area contributed by atoms with Gasteiger partial charge >= 0.3 is 0 Å². The van der Waals surface area contributed by atoms with E-state index in [-0.39, 0.29) is 0 Å². The molecule has 100 valence electrons. The van der Waals surface area contributed by atoms with E-state index in [1.165, 1.54) is 37.7 Å². The first-order valence-corrected chi connectivity index (χ1v) is 8.11. The molecule has 0 heterocycles. The Balaban J connectivity index is 1.86. The third kappa shape index (κ3) is 3.60. The number of hydrogen-bond acceptors (Lipinski definition) is 0. The van der Waals surface area contributed by atoms with Crippen molar-refractivity contribution >= 4 is 15.9 Å². The molecule has 0 nitrogen and oxygen atoms in total. The summed E-state index contributed by atoms with van der Waals surface area (Å²) in [4.78, 5) is 0.594. The van der Waals surface area contributed by atoms with Crippen LogP contribution < -0.4 is 0 Å². The van der Waals surface area contributed by atoms with Crippen LogP contribution in [0.4, 0.5) is 0 Å². The predicted octanol–water partition coefficient (Wildman–Crippen LogP) is 5.70. The van der Waals surface area contributed by atoms with Crippen molar-refractivity contribution in [1.29, 1.82) is 0 Å². The Morgan fingerprint density at radius 2 is 1.78 bits per heavy atom. The number of benzene rings is 1. The van der Waals surface area contributed by atoms with Crippen LogP contribution in [0.15, 0.2) is 24.3 Å². The average Bonchev–Trinajstić information content (AvgIpc) is 2.24. The van der Waals surface area contributed by atoms with Crippen LogP contribution in [-0.2, 0) is 6.42 Å². The zero-order chi connectivity index (χ0) is 13.2. The van der Waals surface area contributed by atoms with Crippen molar-refractivity contribution < 1.29 is 0 Å². The van der Waals surface area contributed by atoms with Crippen molar-refractivity contribution in [3.63, 3.8) is 0 Å². The van der Waals surface area contributed by atoms with Crippen LogP contribution in [-0.4, -0.2) is 4.83 Å². The number of halogens is 1. The molecule has 1 aromatic carbocycles. The molecule has 1 aromatic rings. The number of rotatable bonds is 4. The zero-order valence-electron chi connectivity index (χ0n) is 11.9. The molecule has 1 heteroatoms. The normalized spacial score (nSPS) is 18.4. The summed E-state index contributed by atoms with van der Waals surface area (Å²) in [5, 5.41) is 0. The van der Waals surface area contributed by atoms with E-state index >= 15 is 0 Å². The van der Waals surface area contributed by atoms with Crippen molar-refractivity contribution in [2.24, 2.45) is 5.41 Å². The van der Waals surface area contributed by atoms with Gasteiger partial charge in [-0.2, -0.15) is 0 Å². The fourth-order valence-electron chi connectivity index (χ4n) is 2.42. The molecule has 1 unspecified atom stereocenters. The van der Waals surface area contributed by atoms with Crippen LogP contribution in [0, 0.1) is 5.41 Å². The fourth-order valence-corrected chi connectivity index (χ4v) is 2.65. The summed E-state index contributed by atoms with van der Waals surface area (Å²) in [6.45, 7) is 6.89. The smallest absolute Gasteiger partial charge is 0.0197 e. The maximum absolute atomic E-state index is 3.81. The molecule has 0 saturated heterocycles. The molecule has 0 spiro atoms. The highest BCUT2D eigenvalue weighted by Crippen LogP contribution is 2.36. The molecular formula is C17H25Br. The Hall–Kier alpha value is -0.300. The lowest BCUT2D eigenvalue weighted by molar-refractivity contribution is 0.385. The highest BCUT2D eigenvalue weighted by molar-refractivity contribution is 9.09. The van der Waals surface area contributed by atoms with Crippen LogP contribution in [0.25, 0.3) is 0 Å². The van der Waals surface area contributed by atoms with Crippen molar-refractivity contribution in [2.45, 2.75) is 63.6 Å². The molecule has 1 saturated carbocycles. The molecule has 18 heavy (non-hydrogen) atoms. The van der Waals surface area contributed by atoms with Gasteiger partial charge < -0.3 is 0 Å². The first kappa shape index (κ1) is 14.1. The Morgan fingerprint density at radius 1 is 1.17 bits per heavy atom. The molecule has 0 radical (unpaired) electrons. The van der Waals surface area contributed by atoms with E-state index in [0.29, 0.717) is 10.2 Å². The van der Waals surface area contributed by atoms with Crippen molar-refractivity contribution in [3.8, 4) is 0 Å². The maximum atomic E-state index is 3.81. The standard InChI is InChI=1S/C17H25Br/c1-17(2,3)16(18)12-9-13-7-10-15(11-8-13)14-5-4-6-14/h7-8,10-11,14,16H,4-6,9,12H2,1-3H3. The number of aryl methyl sites for hydroxylation is 1. The van der Waals surface area contributed by atoms with E-state index < -0.39 is 0 Å². The molecular weight excluding hydrogens is 284 g/mol. The summed E-state index contributed by atoms with van der Waals surface area (Å²) >= 11 is 3.81. The van der Waals surface area contributed by atoms with E-state index in [2.05, 4.69) is 61.0 Å². The van der Waals surface area contributed by atoms with Gasteiger partial charge in [-0.15, -0.1) is 0 Å². The third-order valence-corrected chi connectivity index (χ3v) is 6.01. The van der Waals surface area contributed by atoms with Crippen LogP contribution in [0.5, 0.6) is 0 Å². The highest BCUT2D eigenvalue weighted by Gasteiger charge is 2.21. The summed E-state index contributed by atoms with van der Waals surface area (Å²) in [6, 6.07) is 9.35. The largest absolute Gasteiger partial charge is 0.0885 e. The zero-order valence-corrected chi connectivity index (χ0v) is 13.5. The monoisotopic (exact) mass is 308 g/mol. The van der Waals surface area contributed by atoms with Crippen molar-refractivity contribution in [2.75, 3.05) is 0 Å². The summed E-state index contributed by atoms with van der Waals surface area (Å²) in [6.07, 6.45) is 6.60. The van der Waals surface area contributed by atoms with Crippen LogP contribution >= 0.6 is 15.9 Å². The van der Waals surface area contributed by atoms with Crippen LogP contribution in [0.2, 0.25) is 0 Å². The van der Waals surface area contributed by atoms with Gasteiger partial charge in [-0.1, -0.05) is 67.4 Å². The van der Waals surface area contributed by atoms with Crippen LogP contribution in [0.1, 0.15) is 63.5 Å². The minimum Gasteiger partial charge on any atom is -0.0885 e. The van der Waals surface area contributed by atoms with E-state index in [4.69, 9.17) is 0 Å². The first-order chi connectivity index (χ1) is 8.47. The summed E-state index contributed by atoms with van der Waals surface area (Å²) in [7, 11) is 0. The Kier molecular flexibility index (Phi) is 4.53. The Morgan fingerprint density at radius 3 is 2.22 bits per heavy atom. The van der Waals surface area contributed by atoms with Crippen LogP contribution in [0.3, 0.4) is 0 Å². The highest BCUT2D eigenvalue weighted by atomic mass is 79.9. The quantitative estimate of drug-likeness (QED) is 0.626. The Labute approximate surface area is 120 Å². The Bertz CT molecular complexity index is 368. The summed E-state index contributed by atoms with van der Waals surface area (Å²) in [5.74, 6) is 0.859. The van der Waals surface area contributed by atoms with Gasteiger partial charge in [0.15, 0.2) is 0 Å². The second kappa shape index (κ2) is 5.77. The molecule has 0 aromatic heterocycles.